The van der Waals surface area contributed by atoms with Crippen molar-refractivity contribution in [2.24, 2.45) is 0 Å². The van der Waals surface area contributed by atoms with Gasteiger partial charge in [0.25, 0.3) is 0 Å². The second-order valence-electron chi connectivity index (χ2n) is 5.47. The highest BCUT2D eigenvalue weighted by atomic mass is 16.3. The van der Waals surface area contributed by atoms with Crippen molar-refractivity contribution in [1.82, 2.24) is 0 Å². The largest absolute Gasteiger partial charge is 0.504 e. The molecule has 0 spiro atoms. The van der Waals surface area contributed by atoms with Gasteiger partial charge in [0.15, 0.2) is 11.5 Å². The Kier molecular flexibility index (Phi) is 3.04. The van der Waals surface area contributed by atoms with E-state index < -0.39 is 0 Å². The van der Waals surface area contributed by atoms with Gasteiger partial charge in [0.2, 0.25) is 0 Å². The molecule has 0 saturated heterocycles. The highest BCUT2D eigenvalue weighted by molar-refractivity contribution is 5.77. The van der Waals surface area contributed by atoms with E-state index in [0.29, 0.717) is 5.56 Å². The maximum atomic E-state index is 10.1. The first-order chi connectivity index (χ1) is 8.41. The van der Waals surface area contributed by atoms with Crippen LogP contribution in [0.15, 0.2) is 42.5 Å². The van der Waals surface area contributed by atoms with Crippen LogP contribution in [-0.2, 0) is 5.41 Å². The van der Waals surface area contributed by atoms with Gasteiger partial charge in [-0.15, -0.1) is 0 Å². The first-order valence-electron chi connectivity index (χ1n) is 6.02. The van der Waals surface area contributed by atoms with Crippen LogP contribution in [0.25, 0.3) is 11.1 Å². The molecule has 2 nitrogen and oxygen atoms in total. The van der Waals surface area contributed by atoms with Crippen LogP contribution in [0.2, 0.25) is 0 Å². The number of phenols is 2. The minimum Gasteiger partial charge on any atom is -0.504 e. The number of benzene rings is 2. The average molecular weight is 242 g/mol. The Morgan fingerprint density at radius 3 is 2.00 bits per heavy atom. The molecule has 0 aliphatic carbocycles. The molecule has 0 radical (unpaired) electrons. The van der Waals surface area contributed by atoms with Crippen LogP contribution < -0.4 is 0 Å². The lowest BCUT2D eigenvalue weighted by atomic mass is 9.81. The molecule has 0 aliphatic rings. The van der Waals surface area contributed by atoms with Crippen LogP contribution in [0.3, 0.4) is 0 Å². The molecule has 0 fully saturated rings. The summed E-state index contributed by atoms with van der Waals surface area (Å²) in [5, 5.41) is 19.8. The standard InChI is InChI=1S/C16H18O2/c1-16(2,3)12-9-10-13(17)15(18)14(12)11-7-5-4-6-8-11/h4-10,17-18H,1-3H3. The van der Waals surface area contributed by atoms with Gasteiger partial charge in [-0.05, 0) is 22.6 Å². The molecule has 2 aromatic carbocycles. The van der Waals surface area contributed by atoms with Gasteiger partial charge < -0.3 is 10.2 Å². The van der Waals surface area contributed by atoms with Crippen molar-refractivity contribution >= 4 is 0 Å². The maximum absolute atomic E-state index is 10.1. The molecule has 2 heteroatoms. The van der Waals surface area contributed by atoms with Crippen molar-refractivity contribution in [2.75, 3.05) is 0 Å². The van der Waals surface area contributed by atoms with E-state index in [0.717, 1.165) is 11.1 Å². The predicted octanol–water partition coefficient (Wildman–Crippen LogP) is 4.06. The fourth-order valence-electron chi connectivity index (χ4n) is 2.10. The molecule has 94 valence electrons. The van der Waals surface area contributed by atoms with Crippen LogP contribution >= 0.6 is 0 Å². The molecule has 18 heavy (non-hydrogen) atoms. The van der Waals surface area contributed by atoms with Gasteiger partial charge in [-0.25, -0.2) is 0 Å². The number of rotatable bonds is 1. The van der Waals surface area contributed by atoms with Crippen molar-refractivity contribution in [3.63, 3.8) is 0 Å². The topological polar surface area (TPSA) is 40.5 Å². The Bertz CT molecular complexity index is 551. The van der Waals surface area contributed by atoms with E-state index in [-0.39, 0.29) is 16.9 Å². The summed E-state index contributed by atoms with van der Waals surface area (Å²) >= 11 is 0. The second kappa shape index (κ2) is 4.37. The van der Waals surface area contributed by atoms with Gasteiger partial charge in [0.05, 0.1) is 0 Å². The highest BCUT2D eigenvalue weighted by Gasteiger charge is 2.22. The molecule has 0 saturated carbocycles. The molecule has 0 heterocycles. The molecule has 2 aromatic rings. The van der Waals surface area contributed by atoms with Crippen molar-refractivity contribution < 1.29 is 10.2 Å². The molecule has 0 aromatic heterocycles. The number of hydrogen-bond donors (Lipinski definition) is 2. The fraction of sp³-hybridized carbons (Fsp3) is 0.250. The zero-order chi connectivity index (χ0) is 13.3. The van der Waals surface area contributed by atoms with Crippen molar-refractivity contribution in [3.8, 4) is 22.6 Å². The third kappa shape index (κ3) is 2.19. The summed E-state index contributed by atoms with van der Waals surface area (Å²) in [5.74, 6) is -0.129. The van der Waals surface area contributed by atoms with Crippen LogP contribution in [0.4, 0.5) is 0 Å². The smallest absolute Gasteiger partial charge is 0.165 e. The Morgan fingerprint density at radius 2 is 1.44 bits per heavy atom. The normalized spacial score (nSPS) is 11.5. The van der Waals surface area contributed by atoms with Crippen LogP contribution in [-0.4, -0.2) is 10.2 Å². The first kappa shape index (κ1) is 12.5. The predicted molar refractivity (Wildman–Crippen MR) is 73.9 cm³/mol. The van der Waals surface area contributed by atoms with E-state index in [1.54, 1.807) is 6.07 Å². The average Bonchev–Trinajstić information content (AvgIpc) is 2.32. The number of hydrogen-bond acceptors (Lipinski definition) is 2. The fourth-order valence-corrected chi connectivity index (χ4v) is 2.10. The minimum atomic E-state index is -0.101. The van der Waals surface area contributed by atoms with Crippen molar-refractivity contribution in [2.45, 2.75) is 26.2 Å². The van der Waals surface area contributed by atoms with Gasteiger partial charge in [-0.3, -0.25) is 0 Å². The van der Waals surface area contributed by atoms with Gasteiger partial charge in [0.1, 0.15) is 0 Å². The molecule has 0 atom stereocenters. The minimum absolute atomic E-state index is 0.0476. The summed E-state index contributed by atoms with van der Waals surface area (Å²) in [7, 11) is 0. The van der Waals surface area contributed by atoms with E-state index in [2.05, 4.69) is 20.8 Å². The molecule has 2 rings (SSSR count). The summed E-state index contributed by atoms with van der Waals surface area (Å²) in [4.78, 5) is 0. The van der Waals surface area contributed by atoms with E-state index in [9.17, 15) is 10.2 Å². The van der Waals surface area contributed by atoms with Crippen LogP contribution in [0.5, 0.6) is 11.5 Å². The van der Waals surface area contributed by atoms with Crippen molar-refractivity contribution in [1.29, 1.82) is 0 Å². The Balaban J connectivity index is 2.75. The quantitative estimate of drug-likeness (QED) is 0.740. The lowest BCUT2D eigenvalue weighted by Crippen LogP contribution is -2.12. The lowest BCUT2D eigenvalue weighted by molar-refractivity contribution is 0.403. The maximum Gasteiger partial charge on any atom is 0.165 e. The lowest BCUT2D eigenvalue weighted by Gasteiger charge is -2.24. The van der Waals surface area contributed by atoms with E-state index in [1.807, 2.05) is 36.4 Å². The molecular formula is C16H18O2. The number of phenolic OH excluding ortho intramolecular Hbond substituents is 2. The van der Waals surface area contributed by atoms with E-state index in [1.165, 1.54) is 0 Å². The monoisotopic (exact) mass is 242 g/mol. The summed E-state index contributed by atoms with van der Waals surface area (Å²) in [5.41, 5.74) is 2.54. The molecular weight excluding hydrogens is 224 g/mol. The molecule has 2 N–H and O–H groups in total. The summed E-state index contributed by atoms with van der Waals surface area (Å²) < 4.78 is 0. The third-order valence-corrected chi connectivity index (χ3v) is 3.03. The molecule has 0 amide bonds. The second-order valence-corrected chi connectivity index (χ2v) is 5.47. The van der Waals surface area contributed by atoms with Crippen LogP contribution in [0, 0.1) is 0 Å². The highest BCUT2D eigenvalue weighted by Crippen LogP contribution is 2.43. The molecule has 0 unspecified atom stereocenters. The zero-order valence-corrected chi connectivity index (χ0v) is 10.9. The van der Waals surface area contributed by atoms with E-state index in [4.69, 9.17) is 0 Å². The third-order valence-electron chi connectivity index (χ3n) is 3.03. The van der Waals surface area contributed by atoms with Gasteiger partial charge >= 0.3 is 0 Å². The number of aromatic hydroxyl groups is 2. The Labute approximate surface area is 108 Å². The zero-order valence-electron chi connectivity index (χ0n) is 10.9. The molecule has 0 aliphatic heterocycles. The SMILES string of the molecule is CC(C)(C)c1ccc(O)c(O)c1-c1ccccc1. The van der Waals surface area contributed by atoms with Crippen LogP contribution in [0.1, 0.15) is 26.3 Å². The van der Waals surface area contributed by atoms with Gasteiger partial charge in [0, 0.05) is 5.56 Å². The summed E-state index contributed by atoms with van der Waals surface area (Å²) in [6, 6.07) is 13.1. The van der Waals surface area contributed by atoms with Gasteiger partial charge in [-0.2, -0.15) is 0 Å². The Hall–Kier alpha value is -1.96. The first-order valence-corrected chi connectivity index (χ1v) is 6.02. The summed E-state index contributed by atoms with van der Waals surface area (Å²) in [6.07, 6.45) is 0. The Morgan fingerprint density at radius 1 is 0.833 bits per heavy atom. The van der Waals surface area contributed by atoms with E-state index >= 15 is 0 Å². The molecule has 0 bridgehead atoms. The van der Waals surface area contributed by atoms with Gasteiger partial charge in [-0.1, -0.05) is 57.2 Å². The summed E-state index contributed by atoms with van der Waals surface area (Å²) in [6.45, 7) is 6.27. The van der Waals surface area contributed by atoms with Crippen molar-refractivity contribution in [3.05, 3.63) is 48.0 Å².